The molecule has 0 bridgehead atoms. The molecule has 5 nitrogen and oxygen atoms in total. The smallest absolute Gasteiger partial charge is 0.314 e. The third kappa shape index (κ3) is 4.07. The van der Waals surface area contributed by atoms with Crippen molar-refractivity contribution >= 4 is 5.97 Å². The Morgan fingerprint density at radius 3 is 2.43 bits per heavy atom. The number of nitriles is 1. The van der Waals surface area contributed by atoms with Crippen molar-refractivity contribution < 1.29 is 14.3 Å². The minimum atomic E-state index is -0.706. The standard InChI is InChI=1S/C18H18N2O3/c1-18(2,17(21)22-3)12-23-15-7-5-14(6-8-15)16-9-4-13(10-19)11-20-16/h4-9,11H,12H2,1-3H3. The van der Waals surface area contributed by atoms with Gasteiger partial charge in [0.05, 0.1) is 23.8 Å². The summed E-state index contributed by atoms with van der Waals surface area (Å²) in [4.78, 5) is 15.9. The molecule has 0 radical (unpaired) electrons. The van der Waals surface area contributed by atoms with Crippen LogP contribution < -0.4 is 4.74 Å². The molecule has 1 aromatic heterocycles. The number of hydrogen-bond acceptors (Lipinski definition) is 5. The molecule has 2 aromatic rings. The van der Waals surface area contributed by atoms with E-state index in [-0.39, 0.29) is 12.6 Å². The number of rotatable bonds is 5. The number of methoxy groups -OCH3 is 1. The summed E-state index contributed by atoms with van der Waals surface area (Å²) in [6, 6.07) is 13.0. The third-order valence-electron chi connectivity index (χ3n) is 3.38. The van der Waals surface area contributed by atoms with Gasteiger partial charge in [0.2, 0.25) is 0 Å². The first-order valence-corrected chi connectivity index (χ1v) is 7.14. The molecule has 0 unspecified atom stereocenters. The van der Waals surface area contributed by atoms with Crippen LogP contribution in [0.2, 0.25) is 0 Å². The molecule has 1 heterocycles. The Hall–Kier alpha value is -2.87. The minimum absolute atomic E-state index is 0.230. The van der Waals surface area contributed by atoms with Gasteiger partial charge >= 0.3 is 5.97 Å². The first kappa shape index (κ1) is 16.5. The van der Waals surface area contributed by atoms with Crippen molar-refractivity contribution in [3.63, 3.8) is 0 Å². The van der Waals surface area contributed by atoms with E-state index in [1.54, 1.807) is 32.2 Å². The highest BCUT2D eigenvalue weighted by Crippen LogP contribution is 2.23. The first-order valence-electron chi connectivity index (χ1n) is 7.14. The lowest BCUT2D eigenvalue weighted by molar-refractivity contribution is -0.152. The highest BCUT2D eigenvalue weighted by molar-refractivity contribution is 5.75. The Labute approximate surface area is 135 Å². The van der Waals surface area contributed by atoms with E-state index in [0.717, 1.165) is 11.3 Å². The number of pyridine rings is 1. The van der Waals surface area contributed by atoms with Gasteiger partial charge in [-0.15, -0.1) is 0 Å². The molecular formula is C18H18N2O3. The van der Waals surface area contributed by atoms with Crippen LogP contribution in [0.25, 0.3) is 11.3 Å². The number of esters is 1. The van der Waals surface area contributed by atoms with E-state index in [9.17, 15) is 4.79 Å². The average molecular weight is 310 g/mol. The molecule has 1 aromatic carbocycles. The van der Waals surface area contributed by atoms with Gasteiger partial charge in [-0.3, -0.25) is 9.78 Å². The number of nitrogens with zero attached hydrogens (tertiary/aromatic N) is 2. The van der Waals surface area contributed by atoms with Crippen molar-refractivity contribution in [2.24, 2.45) is 5.41 Å². The van der Waals surface area contributed by atoms with Gasteiger partial charge in [-0.25, -0.2) is 0 Å². The summed E-state index contributed by atoms with van der Waals surface area (Å²) in [5, 5.41) is 8.78. The van der Waals surface area contributed by atoms with Gasteiger partial charge in [0, 0.05) is 11.8 Å². The Kier molecular flexibility index (Phi) is 4.97. The fourth-order valence-corrected chi connectivity index (χ4v) is 1.95. The molecule has 0 aliphatic heterocycles. The van der Waals surface area contributed by atoms with E-state index in [4.69, 9.17) is 14.7 Å². The summed E-state index contributed by atoms with van der Waals surface area (Å²) in [5.74, 6) is 0.357. The van der Waals surface area contributed by atoms with Crippen LogP contribution in [0.4, 0.5) is 0 Å². The van der Waals surface area contributed by atoms with Gasteiger partial charge in [-0.2, -0.15) is 5.26 Å². The maximum absolute atomic E-state index is 11.6. The molecule has 0 aliphatic rings. The average Bonchev–Trinajstić information content (AvgIpc) is 2.60. The van der Waals surface area contributed by atoms with Crippen LogP contribution in [-0.2, 0) is 9.53 Å². The first-order chi connectivity index (χ1) is 11.0. The number of benzene rings is 1. The fraction of sp³-hybridized carbons (Fsp3) is 0.278. The number of carbonyl (C=O) groups excluding carboxylic acids is 1. The van der Waals surface area contributed by atoms with E-state index in [1.165, 1.54) is 7.11 Å². The highest BCUT2D eigenvalue weighted by atomic mass is 16.5. The van der Waals surface area contributed by atoms with Crippen molar-refractivity contribution in [3.05, 3.63) is 48.2 Å². The molecule has 5 heteroatoms. The predicted octanol–water partition coefficient (Wildman–Crippen LogP) is 3.20. The van der Waals surface area contributed by atoms with Crippen LogP contribution in [0.15, 0.2) is 42.6 Å². The topological polar surface area (TPSA) is 72.2 Å². The van der Waals surface area contributed by atoms with Crippen molar-refractivity contribution in [1.29, 1.82) is 5.26 Å². The Morgan fingerprint density at radius 2 is 1.91 bits per heavy atom. The normalized spacial score (nSPS) is 10.7. The number of ether oxygens (including phenoxy) is 2. The zero-order valence-electron chi connectivity index (χ0n) is 13.4. The molecule has 0 aliphatic carbocycles. The van der Waals surface area contributed by atoms with E-state index in [1.807, 2.05) is 30.3 Å². The molecule has 0 fully saturated rings. The molecule has 0 spiro atoms. The van der Waals surface area contributed by atoms with E-state index < -0.39 is 5.41 Å². The molecule has 0 amide bonds. The summed E-state index contributed by atoms with van der Waals surface area (Å²) in [7, 11) is 1.36. The largest absolute Gasteiger partial charge is 0.492 e. The lowest BCUT2D eigenvalue weighted by Crippen LogP contribution is -2.32. The second-order valence-corrected chi connectivity index (χ2v) is 5.73. The quantitative estimate of drug-likeness (QED) is 0.793. The summed E-state index contributed by atoms with van der Waals surface area (Å²) in [5.41, 5.74) is 1.53. The third-order valence-corrected chi connectivity index (χ3v) is 3.38. The summed E-state index contributed by atoms with van der Waals surface area (Å²) < 4.78 is 10.4. The van der Waals surface area contributed by atoms with Crippen molar-refractivity contribution in [1.82, 2.24) is 4.98 Å². The van der Waals surface area contributed by atoms with Gasteiger partial charge in [0.1, 0.15) is 18.4 Å². The van der Waals surface area contributed by atoms with Crippen LogP contribution in [0, 0.1) is 16.7 Å². The molecule has 0 saturated carbocycles. The van der Waals surface area contributed by atoms with Crippen LogP contribution in [-0.4, -0.2) is 24.7 Å². The number of aromatic nitrogens is 1. The maximum atomic E-state index is 11.6. The van der Waals surface area contributed by atoms with Gasteiger partial charge in [-0.1, -0.05) is 0 Å². The Bertz CT molecular complexity index is 713. The molecule has 0 atom stereocenters. The van der Waals surface area contributed by atoms with Gasteiger partial charge < -0.3 is 9.47 Å². The number of hydrogen-bond donors (Lipinski definition) is 0. The van der Waals surface area contributed by atoms with Gasteiger partial charge in [0.15, 0.2) is 0 Å². The van der Waals surface area contributed by atoms with E-state index in [0.29, 0.717) is 11.3 Å². The molecule has 2 rings (SSSR count). The second kappa shape index (κ2) is 6.93. The van der Waals surface area contributed by atoms with Crippen LogP contribution in [0.1, 0.15) is 19.4 Å². The summed E-state index contributed by atoms with van der Waals surface area (Å²) in [6.45, 7) is 3.77. The Morgan fingerprint density at radius 1 is 1.22 bits per heavy atom. The summed E-state index contributed by atoms with van der Waals surface area (Å²) in [6.07, 6.45) is 1.54. The fourth-order valence-electron chi connectivity index (χ4n) is 1.95. The molecule has 0 N–H and O–H groups in total. The highest BCUT2D eigenvalue weighted by Gasteiger charge is 2.29. The van der Waals surface area contributed by atoms with Crippen LogP contribution >= 0.6 is 0 Å². The monoisotopic (exact) mass is 310 g/mol. The van der Waals surface area contributed by atoms with Crippen LogP contribution in [0.3, 0.4) is 0 Å². The predicted molar refractivity (Wildman–Crippen MR) is 85.7 cm³/mol. The Balaban J connectivity index is 2.05. The van der Waals surface area contributed by atoms with E-state index >= 15 is 0 Å². The van der Waals surface area contributed by atoms with Crippen molar-refractivity contribution in [2.45, 2.75) is 13.8 Å². The lowest BCUT2D eigenvalue weighted by atomic mass is 9.95. The van der Waals surface area contributed by atoms with Crippen molar-refractivity contribution in [3.8, 4) is 23.1 Å². The minimum Gasteiger partial charge on any atom is -0.492 e. The number of carbonyl (C=O) groups is 1. The van der Waals surface area contributed by atoms with Crippen molar-refractivity contribution in [2.75, 3.05) is 13.7 Å². The van der Waals surface area contributed by atoms with E-state index in [2.05, 4.69) is 4.98 Å². The summed E-state index contributed by atoms with van der Waals surface area (Å²) >= 11 is 0. The molecule has 23 heavy (non-hydrogen) atoms. The zero-order valence-corrected chi connectivity index (χ0v) is 13.4. The zero-order chi connectivity index (χ0) is 16.9. The molecular weight excluding hydrogens is 292 g/mol. The van der Waals surface area contributed by atoms with Gasteiger partial charge in [-0.05, 0) is 50.2 Å². The molecule has 0 saturated heterocycles. The van der Waals surface area contributed by atoms with Crippen LogP contribution in [0.5, 0.6) is 5.75 Å². The SMILES string of the molecule is COC(=O)C(C)(C)COc1ccc(-c2ccc(C#N)cn2)cc1. The second-order valence-electron chi connectivity index (χ2n) is 5.73. The molecule has 118 valence electrons. The lowest BCUT2D eigenvalue weighted by Gasteiger charge is -2.21. The van der Waals surface area contributed by atoms with Gasteiger partial charge in [0.25, 0.3) is 0 Å². The maximum Gasteiger partial charge on any atom is 0.314 e.